The van der Waals surface area contributed by atoms with Gasteiger partial charge in [0, 0.05) is 4.88 Å². The molecule has 1 aliphatic carbocycles. The second kappa shape index (κ2) is 10.1. The first-order valence-electron chi connectivity index (χ1n) is 10.4. The molecule has 32 heavy (non-hydrogen) atoms. The lowest BCUT2D eigenvalue weighted by Gasteiger charge is -2.09. The summed E-state index contributed by atoms with van der Waals surface area (Å²) in [5.41, 5.74) is 2.56. The van der Waals surface area contributed by atoms with Crippen LogP contribution in [0.5, 0.6) is 0 Å². The van der Waals surface area contributed by atoms with Crippen molar-refractivity contribution in [2.45, 2.75) is 49.4 Å². The smallest absolute Gasteiger partial charge is 0.238 e. The van der Waals surface area contributed by atoms with Gasteiger partial charge in [0.2, 0.25) is 11.1 Å². The molecule has 0 aliphatic heterocycles. The zero-order valence-electron chi connectivity index (χ0n) is 17.5. The second-order valence-electron chi connectivity index (χ2n) is 7.52. The van der Waals surface area contributed by atoms with Gasteiger partial charge in [0.15, 0.2) is 0 Å². The Morgan fingerprint density at radius 2 is 2.06 bits per heavy atom. The van der Waals surface area contributed by atoms with Crippen LogP contribution in [0.3, 0.4) is 0 Å². The first-order chi connectivity index (χ1) is 15.5. The van der Waals surface area contributed by atoms with E-state index in [1.165, 1.54) is 46.5 Å². The first kappa shape index (κ1) is 22.2. The number of hydrogen-bond donors (Lipinski definition) is 2. The van der Waals surface area contributed by atoms with Gasteiger partial charge in [-0.25, -0.2) is 9.37 Å². The van der Waals surface area contributed by atoms with Gasteiger partial charge >= 0.3 is 0 Å². The third kappa shape index (κ3) is 5.26. The van der Waals surface area contributed by atoms with Crippen LogP contribution in [0, 0.1) is 17.1 Å². The Labute approximate surface area is 194 Å². The number of amides is 1. The molecule has 0 fully saturated rings. The van der Waals surface area contributed by atoms with E-state index in [1.54, 1.807) is 31.2 Å². The third-order valence-corrected chi connectivity index (χ3v) is 7.38. The van der Waals surface area contributed by atoms with E-state index in [-0.39, 0.29) is 11.7 Å². The molecule has 1 aliphatic rings. The van der Waals surface area contributed by atoms with E-state index in [2.05, 4.69) is 26.6 Å². The van der Waals surface area contributed by atoms with Crippen molar-refractivity contribution < 1.29 is 9.18 Å². The number of nitrogens with one attached hydrogen (secondary N) is 2. The highest BCUT2D eigenvalue weighted by atomic mass is 32.2. The van der Waals surface area contributed by atoms with E-state index in [4.69, 9.17) is 0 Å². The predicted octanol–water partition coefficient (Wildman–Crippen LogP) is 5.44. The van der Waals surface area contributed by atoms with E-state index in [0.29, 0.717) is 21.5 Å². The fourth-order valence-corrected chi connectivity index (χ4v) is 5.48. The Bertz CT molecular complexity index is 1180. The van der Waals surface area contributed by atoms with E-state index in [1.807, 2.05) is 0 Å². The van der Waals surface area contributed by atoms with Gasteiger partial charge in [-0.15, -0.1) is 16.4 Å². The minimum atomic E-state index is -0.437. The van der Waals surface area contributed by atoms with E-state index < -0.39 is 5.25 Å². The Morgan fingerprint density at radius 3 is 2.84 bits per heavy atom. The van der Waals surface area contributed by atoms with Gasteiger partial charge in [-0.2, -0.15) is 5.26 Å². The zero-order chi connectivity index (χ0) is 22.5. The van der Waals surface area contributed by atoms with Crippen LogP contribution >= 0.6 is 23.1 Å². The number of rotatable bonds is 6. The zero-order valence-corrected chi connectivity index (χ0v) is 19.2. The SMILES string of the molecule is CC(Sc1n[nH]c(C=Cc2ccc(F)cc2)n1)C(=O)Nc1sc2c(c1C#N)CCCCC2. The van der Waals surface area contributed by atoms with Crippen molar-refractivity contribution in [2.75, 3.05) is 5.32 Å². The highest BCUT2D eigenvalue weighted by molar-refractivity contribution is 8.00. The minimum Gasteiger partial charge on any atom is -0.316 e. The average Bonchev–Trinajstić information content (AvgIpc) is 3.29. The van der Waals surface area contributed by atoms with Crippen molar-refractivity contribution in [3.05, 3.63) is 57.5 Å². The number of thiophene rings is 1. The van der Waals surface area contributed by atoms with Gasteiger partial charge in [-0.1, -0.05) is 36.4 Å². The number of carbonyl (C=O) groups is 1. The number of anilines is 1. The standard InChI is InChI=1S/C23H22FN5OS2/c1-14(21(30)27-22-18(13-25)17-5-3-2-4-6-19(17)32-22)31-23-26-20(28-29-23)12-9-15-7-10-16(24)11-8-15/h7-12,14H,2-6H2,1H3,(H,27,30)(H,26,28,29). The maximum absolute atomic E-state index is 13.0. The second-order valence-corrected chi connectivity index (χ2v) is 9.93. The van der Waals surface area contributed by atoms with Crippen molar-refractivity contribution in [1.29, 1.82) is 5.26 Å². The van der Waals surface area contributed by atoms with Gasteiger partial charge in [0.25, 0.3) is 0 Å². The lowest BCUT2D eigenvalue weighted by atomic mass is 10.1. The Hall–Kier alpha value is -2.96. The van der Waals surface area contributed by atoms with E-state index in [9.17, 15) is 14.4 Å². The molecule has 0 spiro atoms. The number of nitriles is 1. The molecule has 1 aromatic carbocycles. The quantitative estimate of drug-likeness (QED) is 0.372. The molecule has 0 saturated carbocycles. The van der Waals surface area contributed by atoms with E-state index >= 15 is 0 Å². The van der Waals surface area contributed by atoms with Crippen molar-refractivity contribution in [3.63, 3.8) is 0 Å². The van der Waals surface area contributed by atoms with Crippen LogP contribution in [0.1, 0.15) is 53.6 Å². The summed E-state index contributed by atoms with van der Waals surface area (Å²) >= 11 is 2.77. The fraction of sp³-hybridized carbons (Fsp3) is 0.304. The largest absolute Gasteiger partial charge is 0.316 e. The van der Waals surface area contributed by atoms with Crippen molar-refractivity contribution in [3.8, 4) is 6.07 Å². The summed E-state index contributed by atoms with van der Waals surface area (Å²) in [7, 11) is 0. The molecule has 4 rings (SSSR count). The van der Waals surface area contributed by atoms with Crippen LogP contribution in [0.2, 0.25) is 0 Å². The molecule has 9 heteroatoms. The number of thioether (sulfide) groups is 1. The number of aryl methyl sites for hydroxylation is 1. The molecule has 1 amide bonds. The topological polar surface area (TPSA) is 94.5 Å². The van der Waals surface area contributed by atoms with Gasteiger partial charge in [-0.3, -0.25) is 9.89 Å². The van der Waals surface area contributed by atoms with Gasteiger partial charge in [-0.05, 0) is 61.9 Å². The summed E-state index contributed by atoms with van der Waals surface area (Å²) in [6.45, 7) is 1.79. The molecular formula is C23H22FN5OS2. The Balaban J connectivity index is 1.38. The average molecular weight is 468 g/mol. The Kier molecular flexibility index (Phi) is 7.02. The first-order valence-corrected chi connectivity index (χ1v) is 12.1. The molecule has 0 bridgehead atoms. The van der Waals surface area contributed by atoms with Crippen molar-refractivity contribution in [2.24, 2.45) is 0 Å². The summed E-state index contributed by atoms with van der Waals surface area (Å²) in [6, 6.07) is 8.42. The van der Waals surface area contributed by atoms with Crippen LogP contribution in [-0.4, -0.2) is 26.3 Å². The molecule has 0 saturated heterocycles. The minimum absolute atomic E-state index is 0.184. The van der Waals surface area contributed by atoms with Crippen LogP contribution < -0.4 is 5.32 Å². The number of H-pyrrole nitrogens is 1. The molecule has 6 nitrogen and oxygen atoms in total. The molecule has 2 heterocycles. The van der Waals surface area contributed by atoms with Crippen molar-refractivity contribution >= 4 is 46.2 Å². The maximum atomic E-state index is 13.0. The highest BCUT2D eigenvalue weighted by Crippen LogP contribution is 2.37. The molecule has 2 N–H and O–H groups in total. The lowest BCUT2D eigenvalue weighted by molar-refractivity contribution is -0.115. The molecular weight excluding hydrogens is 445 g/mol. The van der Waals surface area contributed by atoms with Gasteiger partial charge in [0.05, 0.1) is 10.8 Å². The summed E-state index contributed by atoms with van der Waals surface area (Å²) < 4.78 is 13.0. The Morgan fingerprint density at radius 1 is 1.28 bits per heavy atom. The summed E-state index contributed by atoms with van der Waals surface area (Å²) in [6.07, 6.45) is 8.81. The van der Waals surface area contributed by atoms with E-state index in [0.717, 1.165) is 36.8 Å². The molecule has 2 aromatic heterocycles. The summed E-state index contributed by atoms with van der Waals surface area (Å²) in [5.74, 6) is 0.0715. The van der Waals surface area contributed by atoms with Crippen molar-refractivity contribution in [1.82, 2.24) is 15.2 Å². The molecule has 0 radical (unpaired) electrons. The van der Waals surface area contributed by atoms with Crippen LogP contribution in [0.25, 0.3) is 12.2 Å². The summed E-state index contributed by atoms with van der Waals surface area (Å²) in [4.78, 5) is 18.4. The number of halogens is 1. The fourth-order valence-electron chi connectivity index (χ4n) is 3.51. The summed E-state index contributed by atoms with van der Waals surface area (Å²) in [5, 5.41) is 20.2. The van der Waals surface area contributed by atoms with Gasteiger partial charge in [0.1, 0.15) is 22.7 Å². The number of aromatic amines is 1. The number of hydrogen-bond acceptors (Lipinski definition) is 6. The predicted molar refractivity (Wildman–Crippen MR) is 126 cm³/mol. The van der Waals surface area contributed by atoms with Crippen LogP contribution in [-0.2, 0) is 17.6 Å². The molecule has 1 atom stereocenters. The number of fused-ring (bicyclic) bond motifs is 1. The third-order valence-electron chi connectivity index (χ3n) is 5.21. The van der Waals surface area contributed by atoms with Crippen LogP contribution in [0.4, 0.5) is 9.39 Å². The lowest BCUT2D eigenvalue weighted by Crippen LogP contribution is -2.22. The molecule has 164 valence electrons. The molecule has 1 unspecified atom stereocenters. The van der Waals surface area contributed by atoms with Gasteiger partial charge < -0.3 is 5.32 Å². The normalized spacial score (nSPS) is 14.5. The highest BCUT2D eigenvalue weighted by Gasteiger charge is 2.23. The number of aromatic nitrogens is 3. The monoisotopic (exact) mass is 467 g/mol. The molecule has 3 aromatic rings. The number of benzene rings is 1. The number of nitrogens with zero attached hydrogens (tertiary/aromatic N) is 3. The van der Waals surface area contributed by atoms with Crippen LogP contribution in [0.15, 0.2) is 29.4 Å². The number of carbonyl (C=O) groups excluding carboxylic acids is 1. The maximum Gasteiger partial charge on any atom is 0.238 e.